The van der Waals surface area contributed by atoms with Crippen LogP contribution in [0.2, 0.25) is 0 Å². The maximum atomic E-state index is 12.5. The fourth-order valence-electron chi connectivity index (χ4n) is 1.38. The number of Topliss-reactive ketones (excluding diaryl/α,β-unsaturated/α-hetero) is 1. The fourth-order valence-corrected chi connectivity index (χ4v) is 1.38. The van der Waals surface area contributed by atoms with Crippen molar-refractivity contribution in [2.45, 2.75) is 38.7 Å². The molecule has 1 aromatic rings. The number of nitrogens with zero attached hydrogens (tertiary/aromatic N) is 2. The van der Waals surface area contributed by atoms with E-state index in [0.29, 0.717) is 5.69 Å². The average Bonchev–Trinajstić information content (AvgIpc) is 2.77. The Labute approximate surface area is 113 Å². The lowest BCUT2D eigenvalue weighted by molar-refractivity contribution is -0.168. The first-order valence-electron chi connectivity index (χ1n) is 6.02. The molecule has 114 valence electrons. The summed E-state index contributed by atoms with van der Waals surface area (Å²) in [5.74, 6) is -4.73. The molecule has 8 heteroatoms. The van der Waals surface area contributed by atoms with E-state index in [1.165, 1.54) is 0 Å². The molecule has 1 heterocycles. The Morgan fingerprint density at radius 3 is 2.60 bits per heavy atom. The molecule has 0 unspecified atom stereocenters. The molecule has 1 rings (SSSR count). The summed E-state index contributed by atoms with van der Waals surface area (Å²) >= 11 is 0. The van der Waals surface area contributed by atoms with Gasteiger partial charge in [0.15, 0.2) is 5.78 Å². The molecule has 20 heavy (non-hydrogen) atoms. The molecule has 0 amide bonds. The van der Waals surface area contributed by atoms with Crippen LogP contribution in [0.3, 0.4) is 0 Å². The number of carbonyl (C=O) groups is 1. The number of rotatable bonds is 8. The normalized spacial score (nSPS) is 12.4. The number of ether oxygens (including phenoxy) is 1. The van der Waals surface area contributed by atoms with E-state index >= 15 is 0 Å². The summed E-state index contributed by atoms with van der Waals surface area (Å²) < 4.78 is 54.7. The highest BCUT2D eigenvalue weighted by atomic mass is 19.3. The van der Waals surface area contributed by atoms with E-state index in [0.717, 1.165) is 0 Å². The first-order chi connectivity index (χ1) is 9.22. The Hall–Kier alpha value is -1.44. The Morgan fingerprint density at radius 2 is 2.10 bits per heavy atom. The molecule has 0 N–H and O–H groups in total. The minimum Gasteiger partial charge on any atom is -0.367 e. The predicted octanol–water partition coefficient (Wildman–Crippen LogP) is 2.49. The standard InChI is InChI=1S/C12H16F4N2O2/c1-8(2)18-4-3-9(17-18)5-10(19)6-20-7-12(15,16)11(13)14/h3-4,8,11H,5-7H2,1-2H3. The lowest BCUT2D eigenvalue weighted by atomic mass is 10.2. The number of alkyl halides is 4. The van der Waals surface area contributed by atoms with Crippen LogP contribution in [0.5, 0.6) is 0 Å². The van der Waals surface area contributed by atoms with E-state index in [1.54, 1.807) is 16.9 Å². The Morgan fingerprint density at radius 1 is 1.45 bits per heavy atom. The van der Waals surface area contributed by atoms with Gasteiger partial charge in [0.2, 0.25) is 0 Å². The Kier molecular flexibility index (Phi) is 5.67. The van der Waals surface area contributed by atoms with Crippen LogP contribution in [0, 0.1) is 0 Å². The van der Waals surface area contributed by atoms with Crippen molar-refractivity contribution in [2.75, 3.05) is 13.2 Å². The molecular formula is C12H16F4N2O2. The number of hydrogen-bond donors (Lipinski definition) is 0. The lowest BCUT2D eigenvalue weighted by Gasteiger charge is -2.14. The van der Waals surface area contributed by atoms with Crippen molar-refractivity contribution in [2.24, 2.45) is 0 Å². The molecular weight excluding hydrogens is 280 g/mol. The molecule has 0 fully saturated rings. The molecule has 0 spiro atoms. The zero-order valence-electron chi connectivity index (χ0n) is 11.2. The summed E-state index contributed by atoms with van der Waals surface area (Å²) in [7, 11) is 0. The second-order valence-electron chi connectivity index (χ2n) is 4.65. The van der Waals surface area contributed by atoms with Crippen molar-refractivity contribution in [3.8, 4) is 0 Å². The molecule has 4 nitrogen and oxygen atoms in total. The largest absolute Gasteiger partial charge is 0.367 e. The summed E-state index contributed by atoms with van der Waals surface area (Å²) in [4.78, 5) is 11.4. The van der Waals surface area contributed by atoms with Gasteiger partial charge in [0.05, 0.1) is 12.1 Å². The highest BCUT2D eigenvalue weighted by molar-refractivity contribution is 5.81. The molecule has 0 aromatic carbocycles. The van der Waals surface area contributed by atoms with E-state index in [1.807, 2.05) is 13.8 Å². The van der Waals surface area contributed by atoms with Crippen LogP contribution in [-0.4, -0.2) is 41.1 Å². The number of ketones is 1. The van der Waals surface area contributed by atoms with E-state index in [4.69, 9.17) is 0 Å². The molecule has 0 atom stereocenters. The number of aromatic nitrogens is 2. The topological polar surface area (TPSA) is 44.1 Å². The minimum absolute atomic E-state index is 0.0834. The predicted molar refractivity (Wildman–Crippen MR) is 63.1 cm³/mol. The Bertz CT molecular complexity index is 446. The molecule has 0 bridgehead atoms. The lowest BCUT2D eigenvalue weighted by Crippen LogP contribution is -2.33. The van der Waals surface area contributed by atoms with Gasteiger partial charge in [-0.05, 0) is 19.9 Å². The van der Waals surface area contributed by atoms with Gasteiger partial charge in [0.1, 0.15) is 13.2 Å². The monoisotopic (exact) mass is 296 g/mol. The van der Waals surface area contributed by atoms with Crippen molar-refractivity contribution >= 4 is 5.78 Å². The van der Waals surface area contributed by atoms with E-state index < -0.39 is 31.3 Å². The number of hydrogen-bond acceptors (Lipinski definition) is 3. The highest BCUT2D eigenvalue weighted by Gasteiger charge is 2.41. The third kappa shape index (κ3) is 4.92. The molecule has 0 aliphatic carbocycles. The molecule has 0 saturated heterocycles. The zero-order chi connectivity index (χ0) is 15.3. The zero-order valence-corrected chi connectivity index (χ0v) is 11.2. The van der Waals surface area contributed by atoms with Crippen molar-refractivity contribution in [3.63, 3.8) is 0 Å². The Balaban J connectivity index is 2.37. The maximum Gasteiger partial charge on any atom is 0.330 e. The molecule has 0 aliphatic rings. The van der Waals surface area contributed by atoms with Crippen LogP contribution in [0.4, 0.5) is 17.6 Å². The molecule has 0 saturated carbocycles. The summed E-state index contributed by atoms with van der Waals surface area (Å²) in [6, 6.07) is 1.77. The summed E-state index contributed by atoms with van der Waals surface area (Å²) in [6.07, 6.45) is -2.20. The van der Waals surface area contributed by atoms with Crippen molar-refractivity contribution in [1.29, 1.82) is 0 Å². The van der Waals surface area contributed by atoms with Crippen molar-refractivity contribution in [3.05, 3.63) is 18.0 Å². The van der Waals surface area contributed by atoms with E-state index in [2.05, 4.69) is 9.84 Å². The van der Waals surface area contributed by atoms with Gasteiger partial charge >= 0.3 is 12.3 Å². The first-order valence-corrected chi connectivity index (χ1v) is 6.02. The molecule has 0 aliphatic heterocycles. The third-order valence-corrected chi connectivity index (χ3v) is 2.45. The quantitative estimate of drug-likeness (QED) is 0.692. The molecule has 0 radical (unpaired) electrons. The van der Waals surface area contributed by atoms with Crippen LogP contribution < -0.4 is 0 Å². The summed E-state index contributed by atoms with van der Waals surface area (Å²) in [5.41, 5.74) is 0.480. The first kappa shape index (κ1) is 16.6. The highest BCUT2D eigenvalue weighted by Crippen LogP contribution is 2.22. The van der Waals surface area contributed by atoms with Crippen LogP contribution in [-0.2, 0) is 16.0 Å². The van der Waals surface area contributed by atoms with Gasteiger partial charge in [-0.3, -0.25) is 9.48 Å². The average molecular weight is 296 g/mol. The van der Waals surface area contributed by atoms with Gasteiger partial charge < -0.3 is 4.74 Å². The second kappa shape index (κ2) is 6.83. The van der Waals surface area contributed by atoms with Crippen molar-refractivity contribution < 1.29 is 27.1 Å². The van der Waals surface area contributed by atoms with Gasteiger partial charge in [0.25, 0.3) is 0 Å². The van der Waals surface area contributed by atoms with Gasteiger partial charge in [-0.2, -0.15) is 13.9 Å². The maximum absolute atomic E-state index is 12.5. The van der Waals surface area contributed by atoms with Crippen LogP contribution in [0.1, 0.15) is 25.6 Å². The molecule has 1 aromatic heterocycles. The van der Waals surface area contributed by atoms with Gasteiger partial charge in [-0.15, -0.1) is 0 Å². The third-order valence-electron chi connectivity index (χ3n) is 2.45. The summed E-state index contributed by atoms with van der Waals surface area (Å²) in [5, 5.41) is 4.11. The van der Waals surface area contributed by atoms with Gasteiger partial charge in [-0.1, -0.05) is 0 Å². The van der Waals surface area contributed by atoms with E-state index in [9.17, 15) is 22.4 Å². The SMILES string of the molecule is CC(C)n1ccc(CC(=O)COCC(F)(F)C(F)F)n1. The van der Waals surface area contributed by atoms with E-state index in [-0.39, 0.29) is 12.5 Å². The minimum atomic E-state index is -4.24. The fraction of sp³-hybridized carbons (Fsp3) is 0.667. The smallest absolute Gasteiger partial charge is 0.330 e. The van der Waals surface area contributed by atoms with Crippen LogP contribution in [0.25, 0.3) is 0 Å². The summed E-state index contributed by atoms with van der Waals surface area (Å²) in [6.45, 7) is 1.70. The van der Waals surface area contributed by atoms with Gasteiger partial charge in [0, 0.05) is 12.2 Å². The number of halogens is 4. The van der Waals surface area contributed by atoms with Crippen molar-refractivity contribution in [1.82, 2.24) is 9.78 Å². The second-order valence-corrected chi connectivity index (χ2v) is 4.65. The van der Waals surface area contributed by atoms with Gasteiger partial charge in [-0.25, -0.2) is 8.78 Å². The number of carbonyl (C=O) groups excluding carboxylic acids is 1. The van der Waals surface area contributed by atoms with Crippen LogP contribution >= 0.6 is 0 Å². The van der Waals surface area contributed by atoms with Crippen LogP contribution in [0.15, 0.2) is 12.3 Å².